The van der Waals surface area contributed by atoms with Gasteiger partial charge in [0.15, 0.2) is 0 Å². The molecule has 1 aliphatic rings. The van der Waals surface area contributed by atoms with Crippen molar-refractivity contribution in [2.24, 2.45) is 5.73 Å². The fraction of sp³-hybridized carbons (Fsp3) is 0.364. The second-order valence-corrected chi connectivity index (χ2v) is 9.03. The van der Waals surface area contributed by atoms with Gasteiger partial charge in [-0.2, -0.15) is 26.3 Å². The van der Waals surface area contributed by atoms with Crippen molar-refractivity contribution in [3.63, 3.8) is 0 Å². The number of hydrogen-bond donors (Lipinski definition) is 1. The Kier molecular flexibility index (Phi) is 9.20. The zero-order valence-corrected chi connectivity index (χ0v) is 20.8. The molecule has 3 rings (SSSR count). The van der Waals surface area contributed by atoms with Crippen molar-refractivity contribution < 1.29 is 35.9 Å². The van der Waals surface area contributed by atoms with E-state index in [2.05, 4.69) is 0 Å². The number of nitrogens with zero attached hydrogens (tertiary/aromatic N) is 2. The topological polar surface area (TPSA) is 66.6 Å². The van der Waals surface area contributed by atoms with Crippen LogP contribution in [-0.2, 0) is 17.1 Å². The van der Waals surface area contributed by atoms with Gasteiger partial charge in [0, 0.05) is 31.6 Å². The molecule has 2 N–H and O–H groups in total. The lowest BCUT2D eigenvalue weighted by Gasteiger charge is -2.30. The van der Waals surface area contributed by atoms with Gasteiger partial charge in [0.1, 0.15) is 0 Å². The van der Waals surface area contributed by atoms with Gasteiger partial charge in [-0.3, -0.25) is 14.5 Å². The van der Waals surface area contributed by atoms with Crippen molar-refractivity contribution in [2.75, 3.05) is 26.7 Å². The Morgan fingerprint density at radius 3 is 2.00 bits per heavy atom. The highest BCUT2D eigenvalue weighted by Crippen LogP contribution is 2.38. The van der Waals surface area contributed by atoms with E-state index in [0.717, 1.165) is 4.90 Å². The van der Waals surface area contributed by atoms with E-state index in [-0.39, 0.29) is 48.2 Å². The first-order valence-corrected chi connectivity index (χ1v) is 10.9. The fourth-order valence-corrected chi connectivity index (χ4v) is 4.42. The molecule has 2 atom stereocenters. The number of nitrogens with two attached hydrogens (primary N) is 1. The van der Waals surface area contributed by atoms with Crippen LogP contribution in [0.25, 0.3) is 0 Å². The lowest BCUT2D eigenvalue weighted by atomic mass is 9.93. The van der Waals surface area contributed by atoms with Crippen molar-refractivity contribution in [1.82, 2.24) is 9.80 Å². The maximum absolute atomic E-state index is 13.3. The number of carbonyl (C=O) groups is 2. The number of rotatable bonds is 5. The summed E-state index contributed by atoms with van der Waals surface area (Å²) in [6.07, 6.45) is -10.2. The molecule has 5 nitrogen and oxygen atoms in total. The average molecular weight is 579 g/mol. The van der Waals surface area contributed by atoms with E-state index in [0.29, 0.717) is 17.7 Å². The lowest BCUT2D eigenvalue weighted by molar-refractivity contribution is -0.143. The summed E-state index contributed by atoms with van der Waals surface area (Å²) in [7, 11) is 1.28. The Hall–Kier alpha value is -2.21. The third kappa shape index (κ3) is 6.76. The van der Waals surface area contributed by atoms with Crippen molar-refractivity contribution >= 4 is 47.4 Å². The number of halogens is 9. The summed E-state index contributed by atoms with van der Waals surface area (Å²) in [6, 6.07) is 4.74. The lowest BCUT2D eigenvalue weighted by Crippen LogP contribution is -2.42. The van der Waals surface area contributed by atoms with Gasteiger partial charge >= 0.3 is 12.4 Å². The van der Waals surface area contributed by atoms with E-state index in [1.165, 1.54) is 13.1 Å². The molecule has 0 saturated carbocycles. The minimum absolute atomic E-state index is 0. The molecule has 36 heavy (non-hydrogen) atoms. The monoisotopic (exact) mass is 577 g/mol. The minimum atomic E-state index is -5.09. The van der Waals surface area contributed by atoms with Crippen molar-refractivity contribution in [1.29, 1.82) is 0 Å². The Morgan fingerprint density at radius 2 is 1.53 bits per heavy atom. The van der Waals surface area contributed by atoms with Crippen LogP contribution in [0.3, 0.4) is 0 Å². The quantitative estimate of drug-likeness (QED) is 0.478. The molecule has 0 unspecified atom stereocenters. The maximum Gasteiger partial charge on any atom is 0.416 e. The van der Waals surface area contributed by atoms with Gasteiger partial charge in [0.25, 0.3) is 5.91 Å². The molecule has 0 bridgehead atoms. The largest absolute Gasteiger partial charge is 0.416 e. The van der Waals surface area contributed by atoms with Crippen LogP contribution in [0.1, 0.15) is 33.0 Å². The predicted octanol–water partition coefficient (Wildman–Crippen LogP) is 5.48. The summed E-state index contributed by atoms with van der Waals surface area (Å²) in [5.74, 6) is -2.16. The summed E-state index contributed by atoms with van der Waals surface area (Å²) in [5, 5.41) is 0.491. The van der Waals surface area contributed by atoms with Gasteiger partial charge in [-0.1, -0.05) is 29.3 Å². The molecule has 0 spiro atoms. The molecule has 0 radical (unpaired) electrons. The van der Waals surface area contributed by atoms with Crippen molar-refractivity contribution in [3.8, 4) is 0 Å². The van der Waals surface area contributed by atoms with Crippen molar-refractivity contribution in [3.05, 3.63) is 68.7 Å². The molecule has 1 heterocycles. The minimum Gasteiger partial charge on any atom is -0.369 e. The molecule has 1 aliphatic heterocycles. The third-order valence-electron chi connectivity index (χ3n) is 5.77. The molecule has 2 aromatic rings. The summed E-state index contributed by atoms with van der Waals surface area (Å²) >= 11 is 12.1. The molecule has 2 amide bonds. The van der Waals surface area contributed by atoms with E-state index in [9.17, 15) is 35.9 Å². The zero-order chi connectivity index (χ0) is 26.3. The zero-order valence-electron chi connectivity index (χ0n) is 18.5. The number of likely N-dealkylation sites (tertiary alicyclic amines) is 1. The molecule has 0 aliphatic carbocycles. The van der Waals surface area contributed by atoms with E-state index in [1.807, 2.05) is 0 Å². The second kappa shape index (κ2) is 11.0. The van der Waals surface area contributed by atoms with Crippen molar-refractivity contribution in [2.45, 2.75) is 24.3 Å². The van der Waals surface area contributed by atoms with Crippen LogP contribution in [0.5, 0.6) is 0 Å². The van der Waals surface area contributed by atoms with Crippen LogP contribution >= 0.6 is 35.6 Å². The Balaban J connectivity index is 0.00000456. The fourth-order valence-electron chi connectivity index (χ4n) is 4.11. The smallest absolute Gasteiger partial charge is 0.369 e. The van der Waals surface area contributed by atoms with Gasteiger partial charge in [0.2, 0.25) is 5.91 Å². The standard InChI is InChI=1S/C22H19Cl2F6N3O2.ClH/c1-32(20(35)12-4-13(21(25,26)27)7-14(5-12)22(28,29)30)18-9-33(10-19(31)34)8-15(18)11-2-3-16(23)17(24)6-11;/h2-7,15,18H,8-10H2,1H3,(H2,31,34);1H/t15-,18+;/m0./s1. The predicted molar refractivity (Wildman–Crippen MR) is 124 cm³/mol. The molecule has 0 aromatic heterocycles. The van der Waals surface area contributed by atoms with Gasteiger partial charge in [-0.25, -0.2) is 0 Å². The highest BCUT2D eigenvalue weighted by Gasteiger charge is 2.41. The van der Waals surface area contributed by atoms with Crippen LogP contribution < -0.4 is 5.73 Å². The number of hydrogen-bond acceptors (Lipinski definition) is 3. The number of alkyl halides is 6. The summed E-state index contributed by atoms with van der Waals surface area (Å²) in [5.41, 5.74) is 1.95. The summed E-state index contributed by atoms with van der Waals surface area (Å²) < 4.78 is 79.6. The van der Waals surface area contributed by atoms with E-state index >= 15 is 0 Å². The Labute approximate surface area is 218 Å². The third-order valence-corrected chi connectivity index (χ3v) is 6.51. The Bertz CT molecular complexity index is 1110. The molecule has 1 fully saturated rings. The summed E-state index contributed by atoms with van der Waals surface area (Å²) in [6.45, 7) is 0.179. The van der Waals surface area contributed by atoms with Gasteiger partial charge in [-0.15, -0.1) is 12.4 Å². The molecular formula is C22H20Cl3F6N3O2. The van der Waals surface area contributed by atoms with Crippen LogP contribution in [0.2, 0.25) is 10.0 Å². The van der Waals surface area contributed by atoms with Gasteiger partial charge in [-0.05, 0) is 35.9 Å². The average Bonchev–Trinajstić information content (AvgIpc) is 3.16. The first-order valence-electron chi connectivity index (χ1n) is 10.1. The van der Waals surface area contributed by atoms with Gasteiger partial charge in [0.05, 0.1) is 33.8 Å². The molecule has 2 aromatic carbocycles. The second-order valence-electron chi connectivity index (χ2n) is 8.22. The van der Waals surface area contributed by atoms with Crippen LogP contribution in [0.4, 0.5) is 26.3 Å². The number of carbonyl (C=O) groups excluding carboxylic acids is 2. The first-order chi connectivity index (χ1) is 16.1. The van der Waals surface area contributed by atoms with Crippen LogP contribution in [-0.4, -0.2) is 54.3 Å². The van der Waals surface area contributed by atoms with E-state index in [1.54, 1.807) is 17.0 Å². The number of amides is 2. The first kappa shape index (κ1) is 30.0. The number of benzene rings is 2. The molecule has 1 saturated heterocycles. The van der Waals surface area contributed by atoms with Crippen LogP contribution in [0, 0.1) is 0 Å². The van der Waals surface area contributed by atoms with E-state index < -0.39 is 52.8 Å². The molecule has 198 valence electrons. The van der Waals surface area contributed by atoms with Gasteiger partial charge < -0.3 is 10.6 Å². The van der Waals surface area contributed by atoms with Crippen LogP contribution in [0.15, 0.2) is 36.4 Å². The van der Waals surface area contributed by atoms with E-state index in [4.69, 9.17) is 28.9 Å². The molecular weight excluding hydrogens is 559 g/mol. The number of primary amides is 1. The SMILES string of the molecule is CN(C(=O)c1cc(C(F)(F)F)cc(C(F)(F)F)c1)[C@@H]1CN(CC(N)=O)C[C@H]1c1ccc(Cl)c(Cl)c1.Cl. The normalized spacial score (nSPS) is 18.6. The maximum atomic E-state index is 13.3. The molecule has 14 heteroatoms. The highest BCUT2D eigenvalue weighted by atomic mass is 35.5. The summed E-state index contributed by atoms with van der Waals surface area (Å²) in [4.78, 5) is 27.3. The number of likely N-dealkylation sites (N-methyl/N-ethyl adjacent to an activating group) is 1. The Morgan fingerprint density at radius 1 is 0.972 bits per heavy atom. The highest BCUT2D eigenvalue weighted by molar-refractivity contribution is 6.42.